The molecule has 0 bridgehead atoms. The number of amides is 1. The summed E-state index contributed by atoms with van der Waals surface area (Å²) >= 11 is 0. The third-order valence-electron chi connectivity index (χ3n) is 2.97. The molecule has 0 aliphatic heterocycles. The number of fused-ring (bicyclic) bond motifs is 1. The van der Waals surface area contributed by atoms with Crippen LogP contribution in [0.3, 0.4) is 0 Å². The lowest BCUT2D eigenvalue weighted by molar-refractivity contribution is 0.0951. The van der Waals surface area contributed by atoms with E-state index in [9.17, 15) is 9.59 Å². The van der Waals surface area contributed by atoms with Crippen LogP contribution in [0.25, 0.3) is 11.0 Å². The summed E-state index contributed by atoms with van der Waals surface area (Å²) in [6.45, 7) is 0. The lowest BCUT2D eigenvalue weighted by atomic mass is 10.2. The molecule has 0 saturated heterocycles. The highest BCUT2D eigenvalue weighted by Gasteiger charge is 2.12. The van der Waals surface area contributed by atoms with Gasteiger partial charge in [0, 0.05) is 17.8 Å². The van der Waals surface area contributed by atoms with Crippen LogP contribution in [0.2, 0.25) is 0 Å². The highest BCUT2D eigenvalue weighted by Crippen LogP contribution is 2.12. The van der Waals surface area contributed by atoms with Gasteiger partial charge in [-0.25, -0.2) is 10.2 Å². The Kier molecular flexibility index (Phi) is 3.74. The van der Waals surface area contributed by atoms with E-state index in [1.165, 1.54) is 12.3 Å². The fourth-order valence-electron chi connectivity index (χ4n) is 1.90. The van der Waals surface area contributed by atoms with Crippen LogP contribution in [0.1, 0.15) is 15.9 Å². The number of carbonyl (C=O) groups is 1. The van der Waals surface area contributed by atoms with Crippen LogP contribution in [0.5, 0.6) is 0 Å². The van der Waals surface area contributed by atoms with Crippen molar-refractivity contribution < 1.29 is 9.21 Å². The molecule has 0 aliphatic rings. The molecule has 1 aromatic carbocycles. The SMILES string of the molecule is O=C(N/N=C/c1ccncc1)c1cc2ccccc2oc1=O. The summed E-state index contributed by atoms with van der Waals surface area (Å²) in [7, 11) is 0. The minimum absolute atomic E-state index is 0.0921. The summed E-state index contributed by atoms with van der Waals surface area (Å²) < 4.78 is 5.10. The van der Waals surface area contributed by atoms with Gasteiger partial charge in [-0.1, -0.05) is 18.2 Å². The number of rotatable bonds is 3. The van der Waals surface area contributed by atoms with Gasteiger partial charge in [-0.3, -0.25) is 9.78 Å². The first-order valence-corrected chi connectivity index (χ1v) is 6.50. The van der Waals surface area contributed by atoms with Crippen molar-refractivity contribution in [2.45, 2.75) is 0 Å². The van der Waals surface area contributed by atoms with Crippen LogP contribution < -0.4 is 11.1 Å². The number of hydrazone groups is 1. The highest BCUT2D eigenvalue weighted by atomic mass is 16.4. The maximum absolute atomic E-state index is 12.0. The molecule has 2 aromatic heterocycles. The van der Waals surface area contributed by atoms with Crippen molar-refractivity contribution in [1.29, 1.82) is 0 Å². The molecule has 22 heavy (non-hydrogen) atoms. The first kappa shape index (κ1) is 13.7. The predicted molar refractivity (Wildman–Crippen MR) is 81.8 cm³/mol. The van der Waals surface area contributed by atoms with E-state index < -0.39 is 11.5 Å². The molecule has 1 N–H and O–H groups in total. The Hall–Kier alpha value is -3.28. The molecule has 0 atom stereocenters. The van der Waals surface area contributed by atoms with Crippen LogP contribution in [-0.2, 0) is 0 Å². The van der Waals surface area contributed by atoms with Gasteiger partial charge in [-0.2, -0.15) is 5.10 Å². The van der Waals surface area contributed by atoms with Crippen LogP contribution in [0, 0.1) is 0 Å². The van der Waals surface area contributed by atoms with Crippen molar-refractivity contribution in [3.63, 3.8) is 0 Å². The number of benzene rings is 1. The van der Waals surface area contributed by atoms with Gasteiger partial charge in [-0.15, -0.1) is 0 Å². The molecule has 0 unspecified atom stereocenters. The Labute approximate surface area is 125 Å². The van der Waals surface area contributed by atoms with Gasteiger partial charge in [0.25, 0.3) is 5.91 Å². The number of pyridine rings is 1. The normalized spacial score (nSPS) is 10.9. The van der Waals surface area contributed by atoms with E-state index in [4.69, 9.17) is 4.42 Å². The quantitative estimate of drug-likeness (QED) is 0.454. The second-order valence-electron chi connectivity index (χ2n) is 4.47. The molecular weight excluding hydrogens is 282 g/mol. The van der Waals surface area contributed by atoms with Gasteiger partial charge in [-0.05, 0) is 29.8 Å². The van der Waals surface area contributed by atoms with Gasteiger partial charge in [0.05, 0.1) is 6.21 Å². The number of para-hydroxylation sites is 1. The minimum atomic E-state index is -0.699. The van der Waals surface area contributed by atoms with Gasteiger partial charge >= 0.3 is 5.63 Å². The van der Waals surface area contributed by atoms with E-state index in [-0.39, 0.29) is 5.56 Å². The van der Waals surface area contributed by atoms with E-state index >= 15 is 0 Å². The maximum atomic E-state index is 12.0. The van der Waals surface area contributed by atoms with Crippen LogP contribution in [0.4, 0.5) is 0 Å². The lowest BCUT2D eigenvalue weighted by Crippen LogP contribution is -2.24. The molecule has 0 radical (unpaired) electrons. The molecule has 3 rings (SSSR count). The Morgan fingerprint density at radius 1 is 1.18 bits per heavy atom. The zero-order chi connectivity index (χ0) is 15.4. The van der Waals surface area contributed by atoms with Crippen LogP contribution in [0.15, 0.2) is 69.2 Å². The average Bonchev–Trinajstić information content (AvgIpc) is 2.55. The fourth-order valence-corrected chi connectivity index (χ4v) is 1.90. The molecule has 3 aromatic rings. The largest absolute Gasteiger partial charge is 0.422 e. The molecule has 108 valence electrons. The number of hydrogen-bond donors (Lipinski definition) is 1. The zero-order valence-electron chi connectivity index (χ0n) is 11.4. The molecule has 0 spiro atoms. The van der Waals surface area contributed by atoms with Crippen LogP contribution >= 0.6 is 0 Å². The number of carbonyl (C=O) groups excluding carboxylic acids is 1. The lowest BCUT2D eigenvalue weighted by Gasteiger charge is -2.00. The van der Waals surface area contributed by atoms with E-state index in [0.29, 0.717) is 11.0 Å². The minimum Gasteiger partial charge on any atom is -0.422 e. The zero-order valence-corrected chi connectivity index (χ0v) is 11.4. The molecular formula is C16H11N3O3. The monoisotopic (exact) mass is 293 g/mol. The number of aromatic nitrogens is 1. The van der Waals surface area contributed by atoms with Crippen molar-refractivity contribution in [2.24, 2.45) is 5.10 Å². The fraction of sp³-hybridized carbons (Fsp3) is 0. The van der Waals surface area contributed by atoms with Gasteiger partial charge in [0.15, 0.2) is 0 Å². The van der Waals surface area contributed by atoms with Gasteiger partial charge < -0.3 is 4.42 Å². The number of nitrogens with one attached hydrogen (secondary N) is 1. The van der Waals surface area contributed by atoms with E-state index in [0.717, 1.165) is 5.56 Å². The topological polar surface area (TPSA) is 84.6 Å². The Morgan fingerprint density at radius 2 is 1.95 bits per heavy atom. The maximum Gasteiger partial charge on any atom is 0.349 e. The first-order chi connectivity index (χ1) is 10.7. The molecule has 0 saturated carbocycles. The van der Waals surface area contributed by atoms with Crippen molar-refractivity contribution in [3.8, 4) is 0 Å². The third-order valence-corrected chi connectivity index (χ3v) is 2.97. The Morgan fingerprint density at radius 3 is 2.77 bits per heavy atom. The Bertz CT molecular complexity index is 901. The third kappa shape index (κ3) is 2.90. The highest BCUT2D eigenvalue weighted by molar-refractivity contribution is 5.97. The molecule has 0 fully saturated rings. The number of hydrogen-bond acceptors (Lipinski definition) is 5. The second-order valence-corrected chi connectivity index (χ2v) is 4.47. The van der Waals surface area contributed by atoms with Gasteiger partial charge in [0.1, 0.15) is 11.1 Å². The van der Waals surface area contributed by atoms with E-state index in [2.05, 4.69) is 15.5 Å². The van der Waals surface area contributed by atoms with Crippen molar-refractivity contribution in [2.75, 3.05) is 0 Å². The Balaban J connectivity index is 1.82. The van der Waals surface area contributed by atoms with Gasteiger partial charge in [0.2, 0.25) is 0 Å². The second kappa shape index (κ2) is 6.01. The predicted octanol–water partition coefficient (Wildman–Crippen LogP) is 1.95. The summed E-state index contributed by atoms with van der Waals surface area (Å²) in [5.41, 5.74) is 2.73. The standard InChI is InChI=1S/C16H11N3O3/c20-15(19-18-10-11-5-7-17-8-6-11)13-9-12-3-1-2-4-14(12)22-16(13)21/h1-10H,(H,19,20)/b18-10+. The summed E-state index contributed by atoms with van der Waals surface area (Å²) in [5.74, 6) is -0.621. The van der Waals surface area contributed by atoms with Crippen molar-refractivity contribution >= 4 is 23.1 Å². The van der Waals surface area contributed by atoms with E-state index in [1.807, 2.05) is 0 Å². The summed E-state index contributed by atoms with van der Waals surface area (Å²) in [4.78, 5) is 27.7. The summed E-state index contributed by atoms with van der Waals surface area (Å²) in [6.07, 6.45) is 4.69. The van der Waals surface area contributed by atoms with Crippen LogP contribution in [-0.4, -0.2) is 17.1 Å². The number of nitrogens with zero attached hydrogens (tertiary/aromatic N) is 2. The average molecular weight is 293 g/mol. The van der Waals surface area contributed by atoms with E-state index in [1.54, 1.807) is 48.8 Å². The van der Waals surface area contributed by atoms with Crippen molar-refractivity contribution in [1.82, 2.24) is 10.4 Å². The summed E-state index contributed by atoms with van der Waals surface area (Å²) in [5, 5.41) is 4.48. The van der Waals surface area contributed by atoms with Crippen molar-refractivity contribution in [3.05, 3.63) is 76.4 Å². The molecule has 6 nitrogen and oxygen atoms in total. The molecule has 1 amide bonds. The smallest absolute Gasteiger partial charge is 0.349 e. The molecule has 2 heterocycles. The molecule has 6 heteroatoms. The first-order valence-electron chi connectivity index (χ1n) is 6.50. The summed E-state index contributed by atoms with van der Waals surface area (Å²) in [6, 6.07) is 11.9. The molecule has 0 aliphatic carbocycles.